The molecule has 2 N–H and O–H groups in total. The van der Waals surface area contributed by atoms with Crippen molar-refractivity contribution in [1.29, 1.82) is 0 Å². The van der Waals surface area contributed by atoms with Crippen molar-refractivity contribution in [1.82, 2.24) is 10.2 Å². The van der Waals surface area contributed by atoms with Gasteiger partial charge >= 0.3 is 6.18 Å². The maximum Gasteiger partial charge on any atom is 0.434 e. The minimum Gasteiger partial charge on any atom is -0.507 e. The molecule has 0 aliphatic heterocycles. The monoisotopic (exact) mass is 307 g/mol. The Labute approximate surface area is 113 Å². The summed E-state index contributed by atoms with van der Waals surface area (Å²) < 4.78 is 37.7. The van der Waals surface area contributed by atoms with E-state index in [1.165, 1.54) is 0 Å². The number of nitro benzene ring substituents is 1. The summed E-state index contributed by atoms with van der Waals surface area (Å²) in [5.41, 5.74) is -2.39. The molecule has 6 nitrogen and oxygen atoms in total. The van der Waals surface area contributed by atoms with Crippen LogP contribution in [0.15, 0.2) is 18.2 Å². The number of nitro groups is 1. The number of nitrogens with one attached hydrogen (secondary N) is 1. The molecule has 0 aliphatic carbocycles. The van der Waals surface area contributed by atoms with Crippen molar-refractivity contribution < 1.29 is 23.2 Å². The number of aromatic hydroxyl groups is 1. The summed E-state index contributed by atoms with van der Waals surface area (Å²) in [5.74, 6) is -0.474. The van der Waals surface area contributed by atoms with Gasteiger partial charge in [-0.15, -0.1) is 0 Å². The van der Waals surface area contributed by atoms with E-state index in [4.69, 9.17) is 11.6 Å². The molecule has 0 saturated heterocycles. The summed E-state index contributed by atoms with van der Waals surface area (Å²) in [7, 11) is 0. The van der Waals surface area contributed by atoms with E-state index in [1.54, 1.807) is 5.10 Å². The zero-order valence-electron chi connectivity index (χ0n) is 9.40. The Kier molecular flexibility index (Phi) is 3.30. The number of rotatable bonds is 2. The van der Waals surface area contributed by atoms with Crippen LogP contribution in [0.3, 0.4) is 0 Å². The Morgan fingerprint density at radius 1 is 1.40 bits per heavy atom. The van der Waals surface area contributed by atoms with E-state index >= 15 is 0 Å². The van der Waals surface area contributed by atoms with Gasteiger partial charge < -0.3 is 5.11 Å². The number of aromatic amines is 1. The van der Waals surface area contributed by atoms with Crippen molar-refractivity contribution in [2.75, 3.05) is 0 Å². The van der Waals surface area contributed by atoms with Crippen LogP contribution < -0.4 is 0 Å². The van der Waals surface area contributed by atoms with Crippen LogP contribution in [0.2, 0.25) is 5.02 Å². The molecule has 20 heavy (non-hydrogen) atoms. The molecule has 0 fully saturated rings. The van der Waals surface area contributed by atoms with Crippen molar-refractivity contribution in [3.8, 4) is 17.0 Å². The number of H-pyrrole nitrogens is 1. The van der Waals surface area contributed by atoms with Gasteiger partial charge in [-0.05, 0) is 6.07 Å². The smallest absolute Gasteiger partial charge is 0.434 e. The lowest BCUT2D eigenvalue weighted by Crippen LogP contribution is -2.05. The second-order valence-electron chi connectivity index (χ2n) is 3.72. The van der Waals surface area contributed by atoms with Gasteiger partial charge in [0.25, 0.3) is 5.69 Å². The summed E-state index contributed by atoms with van der Waals surface area (Å²) in [4.78, 5) is 9.87. The first-order valence-electron chi connectivity index (χ1n) is 5.00. The van der Waals surface area contributed by atoms with E-state index in [1.807, 2.05) is 0 Å². The summed E-state index contributed by atoms with van der Waals surface area (Å²) >= 11 is 5.55. The number of non-ortho nitro benzene ring substituents is 1. The van der Waals surface area contributed by atoms with E-state index in [-0.39, 0.29) is 5.56 Å². The van der Waals surface area contributed by atoms with Crippen LogP contribution in [-0.2, 0) is 6.18 Å². The fraction of sp³-hybridized carbons (Fsp3) is 0.100. The summed E-state index contributed by atoms with van der Waals surface area (Å²) in [6.45, 7) is 0. The van der Waals surface area contributed by atoms with Gasteiger partial charge in [0.05, 0.1) is 15.5 Å². The summed E-state index contributed by atoms with van der Waals surface area (Å²) in [5, 5.41) is 24.5. The Hall–Kier alpha value is -2.29. The molecule has 0 aliphatic rings. The molecule has 0 bridgehead atoms. The van der Waals surface area contributed by atoms with Crippen LogP contribution in [0, 0.1) is 10.1 Å². The van der Waals surface area contributed by atoms with Gasteiger partial charge in [-0.2, -0.15) is 18.3 Å². The SMILES string of the molecule is O=[N+]([O-])c1ccc(O)c(-c2n[nH]c(C(F)(F)F)c2Cl)c1. The molecule has 0 spiro atoms. The molecule has 10 heteroatoms. The maximum atomic E-state index is 12.6. The topological polar surface area (TPSA) is 92.1 Å². The predicted molar refractivity (Wildman–Crippen MR) is 62.4 cm³/mol. The van der Waals surface area contributed by atoms with E-state index < -0.39 is 38.9 Å². The van der Waals surface area contributed by atoms with Crippen LogP contribution in [0.4, 0.5) is 18.9 Å². The molecule has 0 atom stereocenters. The van der Waals surface area contributed by atoms with Crippen molar-refractivity contribution in [2.45, 2.75) is 6.18 Å². The molecule has 2 aromatic rings. The van der Waals surface area contributed by atoms with Crippen molar-refractivity contribution >= 4 is 17.3 Å². The number of halogens is 4. The van der Waals surface area contributed by atoms with Gasteiger partial charge in [0, 0.05) is 12.1 Å². The number of hydrogen-bond donors (Lipinski definition) is 2. The Morgan fingerprint density at radius 3 is 2.55 bits per heavy atom. The third-order valence-corrected chi connectivity index (χ3v) is 2.80. The number of alkyl halides is 3. The molecule has 0 unspecified atom stereocenters. The maximum absolute atomic E-state index is 12.6. The zero-order valence-corrected chi connectivity index (χ0v) is 10.2. The number of nitrogens with zero attached hydrogens (tertiary/aromatic N) is 2. The molecule has 1 aromatic carbocycles. The molecule has 0 radical (unpaired) electrons. The van der Waals surface area contributed by atoms with Gasteiger partial charge in [0.15, 0.2) is 5.69 Å². The van der Waals surface area contributed by atoms with Crippen LogP contribution in [-0.4, -0.2) is 20.2 Å². The second kappa shape index (κ2) is 4.67. The Balaban J connectivity index is 2.60. The molecular weight excluding hydrogens is 303 g/mol. The van der Waals surface area contributed by atoms with Crippen molar-refractivity contribution in [3.63, 3.8) is 0 Å². The highest BCUT2D eigenvalue weighted by Gasteiger charge is 2.37. The van der Waals surface area contributed by atoms with E-state index in [2.05, 4.69) is 5.10 Å². The fourth-order valence-corrected chi connectivity index (χ4v) is 1.82. The van der Waals surface area contributed by atoms with Gasteiger partial charge in [-0.3, -0.25) is 15.2 Å². The zero-order chi connectivity index (χ0) is 15.1. The highest BCUT2D eigenvalue weighted by molar-refractivity contribution is 6.33. The third-order valence-electron chi connectivity index (χ3n) is 2.44. The lowest BCUT2D eigenvalue weighted by molar-refractivity contribution is -0.384. The molecule has 1 aromatic heterocycles. The minimum atomic E-state index is -4.75. The molecule has 1 heterocycles. The first kappa shape index (κ1) is 14.1. The van der Waals surface area contributed by atoms with Crippen LogP contribution >= 0.6 is 11.6 Å². The Morgan fingerprint density at radius 2 is 2.05 bits per heavy atom. The number of phenols is 1. The quantitative estimate of drug-likeness (QED) is 0.657. The lowest BCUT2D eigenvalue weighted by Gasteiger charge is -2.04. The van der Waals surface area contributed by atoms with Crippen LogP contribution in [0.25, 0.3) is 11.3 Å². The van der Waals surface area contributed by atoms with E-state index in [0.29, 0.717) is 0 Å². The average molecular weight is 308 g/mol. The predicted octanol–water partition coefficient (Wildman–Crippen LogP) is 3.36. The van der Waals surface area contributed by atoms with Crippen LogP contribution in [0.1, 0.15) is 5.69 Å². The minimum absolute atomic E-state index is 0.268. The number of benzene rings is 1. The van der Waals surface area contributed by atoms with Crippen LogP contribution in [0.5, 0.6) is 5.75 Å². The van der Waals surface area contributed by atoms with E-state index in [9.17, 15) is 28.4 Å². The standard InChI is InChI=1S/C10H5ClF3N3O3/c11-7-8(15-16-9(7)10(12,13)14)5-3-4(17(19)20)1-2-6(5)18/h1-3,18H,(H,15,16). The van der Waals surface area contributed by atoms with Gasteiger partial charge in [-0.25, -0.2) is 0 Å². The first-order chi connectivity index (χ1) is 9.21. The highest BCUT2D eigenvalue weighted by Crippen LogP contribution is 2.41. The Bertz CT molecular complexity index is 684. The second-order valence-corrected chi connectivity index (χ2v) is 4.10. The molecular formula is C10H5ClF3N3O3. The molecule has 0 saturated carbocycles. The van der Waals surface area contributed by atoms with E-state index in [0.717, 1.165) is 18.2 Å². The van der Waals surface area contributed by atoms with Gasteiger partial charge in [-0.1, -0.05) is 11.6 Å². The lowest BCUT2D eigenvalue weighted by atomic mass is 10.1. The number of phenolic OH excluding ortho intramolecular Hbond substituents is 1. The average Bonchev–Trinajstić information content (AvgIpc) is 2.71. The normalized spacial score (nSPS) is 11.6. The first-order valence-corrected chi connectivity index (χ1v) is 5.38. The fourth-order valence-electron chi connectivity index (χ4n) is 1.52. The molecule has 106 valence electrons. The molecule has 2 rings (SSSR count). The summed E-state index contributed by atoms with van der Waals surface area (Å²) in [6.07, 6.45) is -4.75. The highest BCUT2D eigenvalue weighted by atomic mass is 35.5. The third kappa shape index (κ3) is 2.39. The van der Waals surface area contributed by atoms with Gasteiger partial charge in [0.2, 0.25) is 0 Å². The van der Waals surface area contributed by atoms with Crippen molar-refractivity contribution in [3.05, 3.63) is 39.0 Å². The summed E-state index contributed by atoms with van der Waals surface area (Å²) in [6, 6.07) is 2.87. The largest absolute Gasteiger partial charge is 0.507 e. The van der Waals surface area contributed by atoms with Crippen molar-refractivity contribution in [2.24, 2.45) is 0 Å². The molecule has 0 amide bonds. The number of hydrogen-bond acceptors (Lipinski definition) is 4. The number of aromatic nitrogens is 2. The van der Waals surface area contributed by atoms with Gasteiger partial charge in [0.1, 0.15) is 11.4 Å².